The molecule has 0 spiro atoms. The molecule has 7 nitrogen and oxygen atoms in total. The molecular formula is C7H10N4O3. The molecular weight excluding hydrogens is 188 g/mol. The monoisotopic (exact) mass is 198 g/mol. The zero-order chi connectivity index (χ0) is 10.6. The van der Waals surface area contributed by atoms with Gasteiger partial charge >= 0.3 is 5.69 Å². The fourth-order valence-corrected chi connectivity index (χ4v) is 0.867. The topological polar surface area (TPSA) is 115 Å². The van der Waals surface area contributed by atoms with E-state index >= 15 is 0 Å². The Labute approximate surface area is 77.8 Å². The van der Waals surface area contributed by atoms with Gasteiger partial charge in [-0.25, -0.2) is 9.78 Å². The van der Waals surface area contributed by atoms with E-state index in [0.29, 0.717) is 0 Å². The molecule has 0 aromatic carbocycles. The standard InChI is InChI=1S/C5H4N4O2.C2H6O/c10-4-2-3(7-1-6-2)8-5(11)9-4;1-2-3/h1H,(H3,6,7,8,9,10,11);3H,2H2,1H3. The molecule has 0 unspecified atom stereocenters. The van der Waals surface area contributed by atoms with Crippen LogP contribution in [0, 0.1) is 0 Å². The Kier molecular flexibility index (Phi) is 3.19. The van der Waals surface area contributed by atoms with Crippen molar-refractivity contribution in [3.05, 3.63) is 27.2 Å². The number of imidazole rings is 1. The molecule has 0 aliphatic heterocycles. The predicted octanol–water partition coefficient (Wildman–Crippen LogP) is -1.06. The minimum absolute atomic E-state index is 0.250. The van der Waals surface area contributed by atoms with Gasteiger partial charge in [-0.15, -0.1) is 0 Å². The lowest BCUT2D eigenvalue weighted by Gasteiger charge is -1.83. The van der Waals surface area contributed by atoms with Gasteiger partial charge in [-0.2, -0.15) is 0 Å². The van der Waals surface area contributed by atoms with Crippen LogP contribution in [0.15, 0.2) is 15.9 Å². The largest absolute Gasteiger partial charge is 0.397 e. The van der Waals surface area contributed by atoms with Crippen LogP contribution in [-0.2, 0) is 0 Å². The molecule has 2 aromatic rings. The summed E-state index contributed by atoms with van der Waals surface area (Å²) in [6, 6.07) is 0. The van der Waals surface area contributed by atoms with Crippen LogP contribution in [0.5, 0.6) is 0 Å². The molecule has 2 heterocycles. The molecule has 0 aliphatic rings. The second kappa shape index (κ2) is 4.38. The first kappa shape index (κ1) is 10.2. The third-order valence-corrected chi connectivity index (χ3v) is 1.33. The van der Waals surface area contributed by atoms with Crippen molar-refractivity contribution in [3.8, 4) is 0 Å². The molecule has 0 aliphatic carbocycles. The Hall–Kier alpha value is -1.89. The van der Waals surface area contributed by atoms with Crippen LogP contribution in [-0.4, -0.2) is 31.6 Å². The van der Waals surface area contributed by atoms with Crippen molar-refractivity contribution < 1.29 is 5.11 Å². The third-order valence-electron chi connectivity index (χ3n) is 1.33. The van der Waals surface area contributed by atoms with E-state index < -0.39 is 11.2 Å². The second-order valence-corrected chi connectivity index (χ2v) is 2.35. The maximum atomic E-state index is 10.9. The van der Waals surface area contributed by atoms with Gasteiger partial charge in [0.05, 0.1) is 6.33 Å². The van der Waals surface area contributed by atoms with Crippen molar-refractivity contribution >= 4 is 11.2 Å². The SMILES string of the molecule is CCO.O=c1[nH]c(=O)c2[nH]cnc2[nH]1. The number of aliphatic hydroxyl groups is 1. The number of nitrogens with one attached hydrogen (secondary N) is 3. The molecule has 2 rings (SSSR count). The van der Waals surface area contributed by atoms with Crippen LogP contribution in [0.3, 0.4) is 0 Å². The molecule has 0 atom stereocenters. The summed E-state index contributed by atoms with van der Waals surface area (Å²) in [4.78, 5) is 32.3. The lowest BCUT2D eigenvalue weighted by atomic mass is 10.5. The number of hydrogen-bond donors (Lipinski definition) is 4. The molecule has 0 bridgehead atoms. The van der Waals surface area contributed by atoms with Crippen molar-refractivity contribution in [1.29, 1.82) is 0 Å². The van der Waals surface area contributed by atoms with E-state index in [2.05, 4.69) is 19.9 Å². The Bertz CT molecular complexity index is 509. The highest BCUT2D eigenvalue weighted by Gasteiger charge is 1.99. The zero-order valence-electron chi connectivity index (χ0n) is 7.50. The maximum Gasteiger partial charge on any atom is 0.327 e. The molecule has 0 saturated heterocycles. The van der Waals surface area contributed by atoms with Gasteiger partial charge in [0.1, 0.15) is 5.52 Å². The Morgan fingerprint density at radius 2 is 2.07 bits per heavy atom. The summed E-state index contributed by atoms with van der Waals surface area (Å²) in [6.07, 6.45) is 1.34. The van der Waals surface area contributed by atoms with Gasteiger partial charge in [0, 0.05) is 6.61 Å². The Morgan fingerprint density at radius 1 is 1.43 bits per heavy atom. The number of aromatic nitrogens is 4. The van der Waals surface area contributed by atoms with Crippen molar-refractivity contribution in [1.82, 2.24) is 19.9 Å². The van der Waals surface area contributed by atoms with E-state index in [1.165, 1.54) is 6.33 Å². The van der Waals surface area contributed by atoms with E-state index in [9.17, 15) is 9.59 Å². The van der Waals surface area contributed by atoms with E-state index in [1.807, 2.05) is 0 Å². The average Bonchev–Trinajstić information content (AvgIpc) is 2.53. The highest BCUT2D eigenvalue weighted by molar-refractivity contribution is 5.67. The minimum atomic E-state index is -0.547. The fraction of sp³-hybridized carbons (Fsp3) is 0.286. The molecule has 7 heteroatoms. The minimum Gasteiger partial charge on any atom is -0.397 e. The smallest absolute Gasteiger partial charge is 0.327 e. The van der Waals surface area contributed by atoms with Gasteiger partial charge in [-0.1, -0.05) is 0 Å². The van der Waals surface area contributed by atoms with Crippen LogP contribution in [0.4, 0.5) is 0 Å². The van der Waals surface area contributed by atoms with Crippen LogP contribution in [0.2, 0.25) is 0 Å². The number of fused-ring (bicyclic) bond motifs is 1. The molecule has 4 N–H and O–H groups in total. The summed E-state index contributed by atoms with van der Waals surface area (Å²) in [6.45, 7) is 1.93. The Morgan fingerprint density at radius 3 is 2.71 bits per heavy atom. The number of nitrogens with zero attached hydrogens (tertiary/aromatic N) is 1. The summed E-state index contributed by atoms with van der Waals surface area (Å²) in [7, 11) is 0. The fourth-order valence-electron chi connectivity index (χ4n) is 0.867. The number of aliphatic hydroxyl groups excluding tert-OH is 1. The van der Waals surface area contributed by atoms with Gasteiger partial charge in [0.2, 0.25) is 0 Å². The van der Waals surface area contributed by atoms with Crippen molar-refractivity contribution in [2.45, 2.75) is 6.92 Å². The van der Waals surface area contributed by atoms with Crippen molar-refractivity contribution in [3.63, 3.8) is 0 Å². The first-order valence-corrected chi connectivity index (χ1v) is 3.95. The molecule has 0 amide bonds. The van der Waals surface area contributed by atoms with Crippen LogP contribution >= 0.6 is 0 Å². The van der Waals surface area contributed by atoms with E-state index in [0.717, 1.165) is 0 Å². The van der Waals surface area contributed by atoms with Crippen LogP contribution < -0.4 is 11.2 Å². The van der Waals surface area contributed by atoms with Crippen LogP contribution in [0.25, 0.3) is 11.2 Å². The third kappa shape index (κ3) is 2.07. The first-order valence-electron chi connectivity index (χ1n) is 3.95. The second-order valence-electron chi connectivity index (χ2n) is 2.35. The highest BCUT2D eigenvalue weighted by atomic mass is 16.2. The van der Waals surface area contributed by atoms with Gasteiger partial charge in [0.25, 0.3) is 5.56 Å². The van der Waals surface area contributed by atoms with E-state index in [-0.39, 0.29) is 17.8 Å². The lowest BCUT2D eigenvalue weighted by molar-refractivity contribution is 0.318. The zero-order valence-corrected chi connectivity index (χ0v) is 7.50. The quantitative estimate of drug-likeness (QED) is 0.431. The first-order chi connectivity index (χ1) is 6.69. The molecule has 0 saturated carbocycles. The molecule has 14 heavy (non-hydrogen) atoms. The number of rotatable bonds is 0. The van der Waals surface area contributed by atoms with Crippen molar-refractivity contribution in [2.75, 3.05) is 6.61 Å². The Balaban J connectivity index is 0.000000293. The summed E-state index contributed by atoms with van der Waals surface area (Å²) in [5.74, 6) is 0. The molecule has 0 radical (unpaired) electrons. The van der Waals surface area contributed by atoms with Gasteiger partial charge < -0.3 is 10.1 Å². The lowest BCUT2D eigenvalue weighted by Crippen LogP contribution is -2.21. The molecule has 0 fully saturated rings. The van der Waals surface area contributed by atoms with Crippen molar-refractivity contribution in [2.24, 2.45) is 0 Å². The van der Waals surface area contributed by atoms with E-state index in [1.54, 1.807) is 6.92 Å². The summed E-state index contributed by atoms with van der Waals surface area (Å²) < 4.78 is 0. The van der Waals surface area contributed by atoms with Crippen LogP contribution in [0.1, 0.15) is 6.92 Å². The molecule has 76 valence electrons. The summed E-state index contributed by atoms with van der Waals surface area (Å²) in [5.41, 5.74) is -0.445. The maximum absolute atomic E-state index is 10.9. The summed E-state index contributed by atoms with van der Waals surface area (Å²) in [5, 5.41) is 7.57. The van der Waals surface area contributed by atoms with Gasteiger partial charge in [-0.05, 0) is 6.92 Å². The number of H-pyrrole nitrogens is 3. The highest BCUT2D eigenvalue weighted by Crippen LogP contribution is 1.92. The number of aromatic amines is 3. The van der Waals surface area contributed by atoms with Gasteiger partial charge in [-0.3, -0.25) is 14.8 Å². The average molecular weight is 198 g/mol. The summed E-state index contributed by atoms with van der Waals surface area (Å²) >= 11 is 0. The number of hydrogen-bond acceptors (Lipinski definition) is 4. The van der Waals surface area contributed by atoms with E-state index in [4.69, 9.17) is 5.11 Å². The van der Waals surface area contributed by atoms with Gasteiger partial charge in [0.15, 0.2) is 5.65 Å². The normalized spacial score (nSPS) is 9.57. The molecule has 2 aromatic heterocycles. The predicted molar refractivity (Wildman–Crippen MR) is 50.1 cm³/mol.